The number of imidazole rings is 1. The maximum atomic E-state index is 12.4. The molecule has 2 aromatic heterocycles. The van der Waals surface area contributed by atoms with E-state index in [9.17, 15) is 4.79 Å². The van der Waals surface area contributed by atoms with Gasteiger partial charge in [-0.05, 0) is 74.2 Å². The molecule has 1 aromatic carbocycles. The highest BCUT2D eigenvalue weighted by Crippen LogP contribution is 2.25. The predicted molar refractivity (Wildman–Crippen MR) is 128 cm³/mol. The molecule has 1 amide bonds. The molecular weight excluding hydrogens is 435 g/mol. The number of fused-ring (bicyclic) bond motifs is 1. The summed E-state index contributed by atoms with van der Waals surface area (Å²) in [6.45, 7) is 4.72. The molecule has 3 aromatic rings. The van der Waals surface area contributed by atoms with Crippen LogP contribution in [0.5, 0.6) is 5.75 Å². The normalized spacial score (nSPS) is 14.9. The lowest BCUT2D eigenvalue weighted by Gasteiger charge is -2.27. The van der Waals surface area contributed by atoms with Gasteiger partial charge in [0.05, 0.1) is 5.69 Å². The molecule has 31 heavy (non-hydrogen) atoms. The van der Waals surface area contributed by atoms with Gasteiger partial charge in [0.2, 0.25) is 5.91 Å². The SMILES string of the molecule is CC(CC(=O)Nc1ccc(OCc2cn3ccccc3n2)cc1)C1CCNCC1.Cl.Cl. The van der Waals surface area contributed by atoms with Crippen molar-refractivity contribution >= 4 is 42.1 Å². The van der Waals surface area contributed by atoms with Crippen LogP contribution in [0.4, 0.5) is 5.69 Å². The molecule has 1 atom stereocenters. The maximum Gasteiger partial charge on any atom is 0.224 e. The fraction of sp³-hybridized carbons (Fsp3) is 0.391. The second-order valence-electron chi connectivity index (χ2n) is 7.83. The number of amides is 1. The second kappa shape index (κ2) is 11.9. The Kier molecular flexibility index (Phi) is 9.62. The smallest absolute Gasteiger partial charge is 0.224 e. The molecule has 4 rings (SSSR count). The molecule has 3 heterocycles. The summed E-state index contributed by atoms with van der Waals surface area (Å²) in [7, 11) is 0. The Balaban J connectivity index is 0.00000171. The molecule has 2 N–H and O–H groups in total. The van der Waals surface area contributed by atoms with Gasteiger partial charge in [0, 0.05) is 24.5 Å². The van der Waals surface area contributed by atoms with Gasteiger partial charge in [0.1, 0.15) is 18.0 Å². The van der Waals surface area contributed by atoms with Gasteiger partial charge in [0.15, 0.2) is 0 Å². The minimum atomic E-state index is 0. The summed E-state index contributed by atoms with van der Waals surface area (Å²) in [5.41, 5.74) is 2.58. The Morgan fingerprint density at radius 3 is 2.65 bits per heavy atom. The lowest BCUT2D eigenvalue weighted by atomic mass is 9.84. The standard InChI is InChI=1S/C23H28N4O2.2ClH/c1-17(18-9-11-24-12-10-18)14-23(28)26-19-5-7-21(8-6-19)29-16-20-15-27-13-3-2-4-22(27)25-20;;/h2-8,13,15,17-18,24H,9-12,14,16H2,1H3,(H,26,28);2*1H. The number of benzene rings is 1. The average Bonchev–Trinajstić information content (AvgIpc) is 3.17. The molecular formula is C23H30Cl2N4O2. The van der Waals surface area contributed by atoms with Crippen LogP contribution in [0, 0.1) is 11.8 Å². The third-order valence-electron chi connectivity index (χ3n) is 5.63. The van der Waals surface area contributed by atoms with Crippen LogP contribution < -0.4 is 15.4 Å². The van der Waals surface area contributed by atoms with E-state index >= 15 is 0 Å². The fourth-order valence-electron chi connectivity index (χ4n) is 3.93. The van der Waals surface area contributed by atoms with E-state index in [2.05, 4.69) is 22.5 Å². The van der Waals surface area contributed by atoms with Gasteiger partial charge in [-0.3, -0.25) is 4.79 Å². The molecule has 0 aliphatic carbocycles. The average molecular weight is 465 g/mol. The third kappa shape index (κ3) is 6.86. The van der Waals surface area contributed by atoms with Crippen LogP contribution in [0.3, 0.4) is 0 Å². The quantitative estimate of drug-likeness (QED) is 0.530. The summed E-state index contributed by atoms with van der Waals surface area (Å²) < 4.78 is 7.81. The number of ether oxygens (including phenoxy) is 1. The minimum absolute atomic E-state index is 0. The summed E-state index contributed by atoms with van der Waals surface area (Å²) in [6.07, 6.45) is 6.82. The van der Waals surface area contributed by atoms with Crippen molar-refractivity contribution in [3.05, 3.63) is 60.6 Å². The summed E-state index contributed by atoms with van der Waals surface area (Å²) in [4.78, 5) is 16.9. The predicted octanol–water partition coefficient (Wildman–Crippen LogP) is 4.72. The number of piperidine rings is 1. The third-order valence-corrected chi connectivity index (χ3v) is 5.63. The van der Waals surface area contributed by atoms with Gasteiger partial charge in [-0.1, -0.05) is 13.0 Å². The highest BCUT2D eigenvalue weighted by atomic mass is 35.5. The van der Waals surface area contributed by atoms with E-state index in [1.54, 1.807) is 0 Å². The van der Waals surface area contributed by atoms with Gasteiger partial charge in [-0.25, -0.2) is 4.98 Å². The summed E-state index contributed by atoms with van der Waals surface area (Å²) in [5.74, 6) is 1.88. The molecule has 6 nitrogen and oxygen atoms in total. The number of pyridine rings is 1. The first kappa shape index (κ1) is 25.0. The number of nitrogens with one attached hydrogen (secondary N) is 2. The molecule has 8 heteroatoms. The topological polar surface area (TPSA) is 67.7 Å². The van der Waals surface area contributed by atoms with Crippen LogP contribution in [-0.2, 0) is 11.4 Å². The molecule has 1 aliphatic rings. The van der Waals surface area contributed by atoms with Gasteiger partial charge in [-0.15, -0.1) is 24.8 Å². The van der Waals surface area contributed by atoms with Crippen molar-refractivity contribution in [1.29, 1.82) is 0 Å². The fourth-order valence-corrected chi connectivity index (χ4v) is 3.93. The second-order valence-corrected chi connectivity index (χ2v) is 7.83. The Hall–Kier alpha value is -2.28. The number of rotatable bonds is 7. The zero-order valence-corrected chi connectivity index (χ0v) is 19.3. The molecule has 1 fully saturated rings. The zero-order chi connectivity index (χ0) is 20.1. The van der Waals surface area contributed by atoms with Crippen LogP contribution in [0.25, 0.3) is 5.65 Å². The summed E-state index contributed by atoms with van der Waals surface area (Å²) in [6, 6.07) is 13.4. The van der Waals surface area contributed by atoms with Crippen molar-refractivity contribution in [3.63, 3.8) is 0 Å². The molecule has 1 unspecified atom stereocenters. The first-order valence-corrected chi connectivity index (χ1v) is 10.3. The summed E-state index contributed by atoms with van der Waals surface area (Å²) in [5, 5.41) is 6.38. The van der Waals surface area contributed by atoms with Crippen LogP contribution in [0.1, 0.15) is 31.9 Å². The van der Waals surface area contributed by atoms with Crippen molar-refractivity contribution in [2.45, 2.75) is 32.8 Å². The molecule has 1 aliphatic heterocycles. The highest BCUT2D eigenvalue weighted by molar-refractivity contribution is 5.90. The van der Waals surface area contributed by atoms with Crippen LogP contribution in [-0.4, -0.2) is 28.4 Å². The Morgan fingerprint density at radius 1 is 1.19 bits per heavy atom. The van der Waals surface area contributed by atoms with Gasteiger partial charge >= 0.3 is 0 Å². The lowest BCUT2D eigenvalue weighted by molar-refractivity contribution is -0.117. The van der Waals surface area contributed by atoms with Crippen LogP contribution >= 0.6 is 24.8 Å². The van der Waals surface area contributed by atoms with Gasteiger partial charge in [0.25, 0.3) is 0 Å². The number of hydrogen-bond acceptors (Lipinski definition) is 4. The van der Waals surface area contributed by atoms with Crippen molar-refractivity contribution in [2.24, 2.45) is 11.8 Å². The Morgan fingerprint density at radius 2 is 1.94 bits per heavy atom. The van der Waals surface area contributed by atoms with Crippen molar-refractivity contribution < 1.29 is 9.53 Å². The molecule has 0 spiro atoms. The molecule has 0 bridgehead atoms. The Labute approximate surface area is 195 Å². The molecule has 168 valence electrons. The zero-order valence-electron chi connectivity index (χ0n) is 17.6. The first-order valence-electron chi connectivity index (χ1n) is 10.3. The largest absolute Gasteiger partial charge is 0.487 e. The van der Waals surface area contributed by atoms with Crippen molar-refractivity contribution in [3.8, 4) is 5.75 Å². The first-order chi connectivity index (χ1) is 14.2. The van der Waals surface area contributed by atoms with E-state index in [-0.39, 0.29) is 30.7 Å². The lowest BCUT2D eigenvalue weighted by Crippen LogP contribution is -2.32. The number of carbonyl (C=O) groups is 1. The monoisotopic (exact) mass is 464 g/mol. The number of anilines is 1. The van der Waals surface area contributed by atoms with E-state index in [4.69, 9.17) is 4.74 Å². The summed E-state index contributed by atoms with van der Waals surface area (Å²) >= 11 is 0. The van der Waals surface area contributed by atoms with E-state index in [0.29, 0.717) is 24.9 Å². The number of halogens is 2. The number of hydrogen-bond donors (Lipinski definition) is 2. The minimum Gasteiger partial charge on any atom is -0.487 e. The molecule has 0 saturated carbocycles. The van der Waals surface area contributed by atoms with E-state index in [1.807, 2.05) is 59.3 Å². The van der Waals surface area contributed by atoms with Gasteiger partial charge < -0.3 is 19.8 Å². The molecule has 1 saturated heterocycles. The highest BCUT2D eigenvalue weighted by Gasteiger charge is 2.22. The number of aromatic nitrogens is 2. The van der Waals surface area contributed by atoms with Crippen LogP contribution in [0.2, 0.25) is 0 Å². The van der Waals surface area contributed by atoms with E-state index < -0.39 is 0 Å². The van der Waals surface area contributed by atoms with E-state index in [1.165, 1.54) is 0 Å². The Bertz CT molecular complexity index is 923. The number of nitrogens with zero attached hydrogens (tertiary/aromatic N) is 2. The van der Waals surface area contributed by atoms with Gasteiger partial charge in [-0.2, -0.15) is 0 Å². The number of carbonyl (C=O) groups excluding carboxylic acids is 1. The van der Waals surface area contributed by atoms with E-state index in [0.717, 1.165) is 48.7 Å². The van der Waals surface area contributed by atoms with Crippen molar-refractivity contribution in [2.75, 3.05) is 18.4 Å². The van der Waals surface area contributed by atoms with Crippen LogP contribution in [0.15, 0.2) is 54.9 Å². The molecule has 0 radical (unpaired) electrons. The maximum absolute atomic E-state index is 12.4. The van der Waals surface area contributed by atoms with Crippen molar-refractivity contribution in [1.82, 2.24) is 14.7 Å².